The topological polar surface area (TPSA) is 58.7 Å². The zero-order valence-corrected chi connectivity index (χ0v) is 11.1. The first-order valence-corrected chi connectivity index (χ1v) is 6.36. The van der Waals surface area contributed by atoms with Gasteiger partial charge in [0.25, 0.3) is 0 Å². The van der Waals surface area contributed by atoms with Crippen molar-refractivity contribution in [2.75, 3.05) is 32.0 Å². The number of morpholine rings is 1. The Morgan fingerprint density at radius 2 is 2.17 bits per heavy atom. The normalized spacial score (nSPS) is 21.7. The molecule has 1 aliphatic heterocycles. The lowest BCUT2D eigenvalue weighted by molar-refractivity contribution is -0.0667. The van der Waals surface area contributed by atoms with E-state index in [0.717, 1.165) is 18.7 Å². The Labute approximate surface area is 108 Å². The fourth-order valence-corrected chi connectivity index (χ4v) is 2.35. The second-order valence-corrected chi connectivity index (χ2v) is 5.46. The van der Waals surface area contributed by atoms with Crippen LogP contribution in [0, 0.1) is 0 Å². The van der Waals surface area contributed by atoms with Crippen molar-refractivity contribution < 1.29 is 9.84 Å². The molecule has 1 atom stereocenters. The Hall–Kier alpha value is -1.10. The predicted molar refractivity (Wildman–Crippen MR) is 72.3 cm³/mol. The number of anilines is 1. The smallest absolute Gasteiger partial charge is 0.0936 e. The highest BCUT2D eigenvalue weighted by Crippen LogP contribution is 2.25. The van der Waals surface area contributed by atoms with Crippen LogP contribution in [0.5, 0.6) is 0 Å². The Kier molecular flexibility index (Phi) is 3.90. The summed E-state index contributed by atoms with van der Waals surface area (Å²) in [6.45, 7) is 7.12. The van der Waals surface area contributed by atoms with E-state index in [-0.39, 0.29) is 5.54 Å². The number of nitrogen functional groups attached to an aromatic ring is 1. The number of hydrogen-bond acceptors (Lipinski definition) is 4. The van der Waals surface area contributed by atoms with Crippen molar-refractivity contribution in [2.45, 2.75) is 25.5 Å². The summed E-state index contributed by atoms with van der Waals surface area (Å²) < 4.78 is 5.48. The molecule has 1 aliphatic rings. The molecular weight excluding hydrogens is 228 g/mol. The highest BCUT2D eigenvalue weighted by molar-refractivity contribution is 5.47. The van der Waals surface area contributed by atoms with Gasteiger partial charge in [0.15, 0.2) is 0 Å². The number of nitrogens with zero attached hydrogens (tertiary/aromatic N) is 1. The summed E-state index contributed by atoms with van der Waals surface area (Å²) in [5, 5.41) is 10.3. The van der Waals surface area contributed by atoms with Crippen LogP contribution in [0.15, 0.2) is 24.3 Å². The van der Waals surface area contributed by atoms with Gasteiger partial charge in [-0.1, -0.05) is 18.2 Å². The summed E-state index contributed by atoms with van der Waals surface area (Å²) in [5.41, 5.74) is 7.31. The molecule has 100 valence electrons. The quantitative estimate of drug-likeness (QED) is 0.796. The van der Waals surface area contributed by atoms with E-state index < -0.39 is 6.10 Å². The average molecular weight is 250 g/mol. The summed E-state index contributed by atoms with van der Waals surface area (Å²) in [4.78, 5) is 2.26. The van der Waals surface area contributed by atoms with Crippen LogP contribution < -0.4 is 5.73 Å². The number of β-amino-alcohol motifs (C(OH)–C–C–N with tert-alkyl or cyclic N) is 1. The zero-order chi connectivity index (χ0) is 13.2. The molecule has 1 heterocycles. The van der Waals surface area contributed by atoms with Gasteiger partial charge >= 0.3 is 0 Å². The molecule has 2 rings (SSSR count). The molecule has 1 aromatic rings. The molecule has 0 spiro atoms. The van der Waals surface area contributed by atoms with Gasteiger partial charge in [-0.15, -0.1) is 0 Å². The largest absolute Gasteiger partial charge is 0.398 e. The zero-order valence-electron chi connectivity index (χ0n) is 11.1. The standard InChI is InChI=1S/C14H22N2O2/c1-14(2)10-18-8-7-16(14)9-13(17)11-5-3-4-6-12(11)15/h3-6,13,17H,7-10,15H2,1-2H3. The average Bonchev–Trinajstić information content (AvgIpc) is 2.32. The minimum absolute atomic E-state index is 0.0389. The molecule has 1 fully saturated rings. The van der Waals surface area contributed by atoms with Crippen molar-refractivity contribution in [3.63, 3.8) is 0 Å². The Balaban J connectivity index is 2.07. The minimum Gasteiger partial charge on any atom is -0.398 e. The van der Waals surface area contributed by atoms with E-state index in [2.05, 4.69) is 18.7 Å². The highest BCUT2D eigenvalue weighted by atomic mass is 16.5. The molecule has 1 unspecified atom stereocenters. The van der Waals surface area contributed by atoms with E-state index in [1.807, 2.05) is 24.3 Å². The van der Waals surface area contributed by atoms with Gasteiger partial charge in [-0.3, -0.25) is 4.90 Å². The van der Waals surface area contributed by atoms with Gasteiger partial charge in [-0.05, 0) is 19.9 Å². The summed E-state index contributed by atoms with van der Waals surface area (Å²) in [7, 11) is 0. The van der Waals surface area contributed by atoms with Gasteiger partial charge in [0.1, 0.15) is 0 Å². The van der Waals surface area contributed by atoms with E-state index in [1.54, 1.807) is 0 Å². The summed E-state index contributed by atoms with van der Waals surface area (Å²) in [6.07, 6.45) is -0.552. The van der Waals surface area contributed by atoms with Crippen molar-refractivity contribution in [1.29, 1.82) is 0 Å². The van der Waals surface area contributed by atoms with Crippen LogP contribution in [0.25, 0.3) is 0 Å². The maximum absolute atomic E-state index is 10.3. The molecule has 18 heavy (non-hydrogen) atoms. The molecule has 0 saturated carbocycles. The van der Waals surface area contributed by atoms with Gasteiger partial charge in [-0.25, -0.2) is 0 Å². The van der Waals surface area contributed by atoms with E-state index in [1.165, 1.54) is 0 Å². The Morgan fingerprint density at radius 1 is 1.44 bits per heavy atom. The van der Waals surface area contributed by atoms with E-state index in [0.29, 0.717) is 18.8 Å². The summed E-state index contributed by atoms with van der Waals surface area (Å²) in [6, 6.07) is 7.49. The van der Waals surface area contributed by atoms with Crippen LogP contribution >= 0.6 is 0 Å². The van der Waals surface area contributed by atoms with Crippen LogP contribution in [0.2, 0.25) is 0 Å². The van der Waals surface area contributed by atoms with Crippen LogP contribution in [-0.2, 0) is 4.74 Å². The molecule has 1 aromatic carbocycles. The van der Waals surface area contributed by atoms with E-state index in [9.17, 15) is 5.11 Å². The molecule has 3 N–H and O–H groups in total. The third-order valence-corrected chi connectivity index (χ3v) is 3.57. The van der Waals surface area contributed by atoms with Gasteiger partial charge in [-0.2, -0.15) is 0 Å². The first-order chi connectivity index (χ1) is 8.50. The molecule has 0 radical (unpaired) electrons. The third kappa shape index (κ3) is 2.83. The maximum atomic E-state index is 10.3. The molecule has 0 aliphatic carbocycles. The van der Waals surface area contributed by atoms with Crippen LogP contribution in [-0.4, -0.2) is 41.8 Å². The fraction of sp³-hybridized carbons (Fsp3) is 0.571. The van der Waals surface area contributed by atoms with Crippen LogP contribution in [0.4, 0.5) is 5.69 Å². The number of para-hydroxylation sites is 1. The first kappa shape index (κ1) is 13.3. The number of hydrogen-bond donors (Lipinski definition) is 2. The van der Waals surface area contributed by atoms with E-state index >= 15 is 0 Å². The van der Waals surface area contributed by atoms with Gasteiger partial charge in [0.05, 0.1) is 19.3 Å². The highest BCUT2D eigenvalue weighted by Gasteiger charge is 2.32. The van der Waals surface area contributed by atoms with Crippen molar-refractivity contribution in [2.24, 2.45) is 0 Å². The number of aliphatic hydroxyl groups excluding tert-OH is 1. The lowest BCUT2D eigenvalue weighted by Gasteiger charge is -2.43. The molecule has 0 bridgehead atoms. The Bertz CT molecular complexity index is 407. The van der Waals surface area contributed by atoms with Gasteiger partial charge < -0.3 is 15.6 Å². The third-order valence-electron chi connectivity index (χ3n) is 3.57. The predicted octanol–water partition coefficient (Wildman–Crippen LogP) is 1.41. The van der Waals surface area contributed by atoms with E-state index in [4.69, 9.17) is 10.5 Å². The lowest BCUT2D eigenvalue weighted by Crippen LogP contribution is -2.54. The van der Waals surface area contributed by atoms with Crippen molar-refractivity contribution >= 4 is 5.69 Å². The number of aliphatic hydroxyl groups is 1. The van der Waals surface area contributed by atoms with Crippen molar-refractivity contribution in [3.8, 4) is 0 Å². The molecule has 1 saturated heterocycles. The lowest BCUT2D eigenvalue weighted by atomic mass is 10.00. The Morgan fingerprint density at radius 3 is 2.83 bits per heavy atom. The molecule has 0 amide bonds. The number of ether oxygens (including phenoxy) is 1. The van der Waals surface area contributed by atoms with Gasteiger partial charge in [0.2, 0.25) is 0 Å². The number of rotatable bonds is 3. The van der Waals surface area contributed by atoms with Crippen molar-refractivity contribution in [1.82, 2.24) is 4.90 Å². The first-order valence-electron chi connectivity index (χ1n) is 6.36. The second kappa shape index (κ2) is 5.26. The summed E-state index contributed by atoms with van der Waals surface area (Å²) >= 11 is 0. The monoisotopic (exact) mass is 250 g/mol. The number of benzene rings is 1. The fourth-order valence-electron chi connectivity index (χ4n) is 2.35. The molecule has 0 aromatic heterocycles. The van der Waals surface area contributed by atoms with Crippen molar-refractivity contribution in [3.05, 3.63) is 29.8 Å². The second-order valence-electron chi connectivity index (χ2n) is 5.46. The molecule has 4 nitrogen and oxygen atoms in total. The molecular formula is C14H22N2O2. The molecule has 4 heteroatoms. The van der Waals surface area contributed by atoms with Gasteiger partial charge in [0, 0.05) is 29.9 Å². The summed E-state index contributed by atoms with van der Waals surface area (Å²) in [5.74, 6) is 0. The van der Waals surface area contributed by atoms with Crippen LogP contribution in [0.3, 0.4) is 0 Å². The SMILES string of the molecule is CC1(C)COCCN1CC(O)c1ccccc1N. The maximum Gasteiger partial charge on any atom is 0.0936 e. The van der Waals surface area contributed by atoms with Crippen LogP contribution in [0.1, 0.15) is 25.5 Å². The minimum atomic E-state index is -0.552. The number of nitrogens with two attached hydrogens (primary N) is 1.